The lowest BCUT2D eigenvalue weighted by molar-refractivity contribution is 0.102. The van der Waals surface area contributed by atoms with E-state index >= 15 is 0 Å². The van der Waals surface area contributed by atoms with E-state index in [9.17, 15) is 4.79 Å². The van der Waals surface area contributed by atoms with E-state index in [1.807, 2.05) is 6.92 Å². The van der Waals surface area contributed by atoms with Gasteiger partial charge in [-0.05, 0) is 34.9 Å². The predicted molar refractivity (Wildman–Crippen MR) is 53.6 cm³/mol. The Morgan fingerprint density at radius 1 is 1.60 bits per heavy atom. The highest BCUT2D eigenvalue weighted by Crippen LogP contribution is 2.09. The average molecular weight is 224 g/mol. The molecule has 1 amide bonds. The normalized spacial score (nSPS) is 10.3. The fourth-order valence-electron chi connectivity index (χ4n) is 0.974. The van der Waals surface area contributed by atoms with Gasteiger partial charge in [-0.1, -0.05) is 5.10 Å². The maximum absolute atomic E-state index is 11.6. The summed E-state index contributed by atoms with van der Waals surface area (Å²) in [6.07, 6.45) is 0. The van der Waals surface area contributed by atoms with Gasteiger partial charge in [-0.25, -0.2) is 4.68 Å². The van der Waals surface area contributed by atoms with Gasteiger partial charge in [0.2, 0.25) is 5.95 Å². The van der Waals surface area contributed by atoms with Gasteiger partial charge in [-0.2, -0.15) is 4.37 Å². The Balaban J connectivity index is 2.14. The summed E-state index contributed by atoms with van der Waals surface area (Å²) < 4.78 is 5.35. The summed E-state index contributed by atoms with van der Waals surface area (Å²) in [5, 5.41) is 13.2. The van der Waals surface area contributed by atoms with Crippen LogP contribution in [0.5, 0.6) is 0 Å². The Hall–Kier alpha value is -1.83. The molecule has 8 heteroatoms. The Labute approximate surface area is 89.3 Å². The van der Waals surface area contributed by atoms with Crippen LogP contribution in [-0.2, 0) is 7.05 Å². The number of nitrogens with zero attached hydrogens (tertiary/aromatic N) is 5. The van der Waals surface area contributed by atoms with E-state index < -0.39 is 0 Å². The van der Waals surface area contributed by atoms with E-state index in [4.69, 9.17) is 0 Å². The van der Waals surface area contributed by atoms with Crippen LogP contribution in [0.15, 0.2) is 6.07 Å². The first kappa shape index (κ1) is 9.71. The van der Waals surface area contributed by atoms with Crippen molar-refractivity contribution in [3.8, 4) is 0 Å². The molecule has 2 rings (SSSR count). The smallest absolute Gasteiger partial charge is 0.277 e. The topological polar surface area (TPSA) is 85.6 Å². The maximum Gasteiger partial charge on any atom is 0.277 e. The van der Waals surface area contributed by atoms with Crippen molar-refractivity contribution in [1.82, 2.24) is 24.6 Å². The number of tetrazole rings is 1. The molecule has 2 aromatic rings. The van der Waals surface area contributed by atoms with Gasteiger partial charge in [-0.3, -0.25) is 10.1 Å². The van der Waals surface area contributed by atoms with Crippen LogP contribution >= 0.6 is 11.5 Å². The largest absolute Gasteiger partial charge is 0.288 e. The molecule has 0 fully saturated rings. The first-order valence-electron chi connectivity index (χ1n) is 4.14. The van der Waals surface area contributed by atoms with E-state index in [2.05, 4.69) is 25.2 Å². The third kappa shape index (κ3) is 1.99. The molecule has 0 aromatic carbocycles. The first-order chi connectivity index (χ1) is 7.16. The molecule has 15 heavy (non-hydrogen) atoms. The van der Waals surface area contributed by atoms with Crippen LogP contribution < -0.4 is 5.32 Å². The molecule has 2 heterocycles. The molecule has 0 aliphatic carbocycles. The zero-order valence-corrected chi connectivity index (χ0v) is 8.95. The number of carbonyl (C=O) groups is 1. The summed E-state index contributed by atoms with van der Waals surface area (Å²) >= 11 is 1.28. The second-order valence-electron chi connectivity index (χ2n) is 2.90. The molecule has 0 bridgehead atoms. The molecule has 0 saturated heterocycles. The third-order valence-electron chi connectivity index (χ3n) is 1.71. The molecule has 2 aromatic heterocycles. The van der Waals surface area contributed by atoms with Gasteiger partial charge in [0.15, 0.2) is 0 Å². The fraction of sp³-hybridized carbons (Fsp3) is 0.286. The van der Waals surface area contributed by atoms with Gasteiger partial charge in [-0.15, -0.1) is 0 Å². The van der Waals surface area contributed by atoms with Crippen LogP contribution in [0.1, 0.15) is 15.4 Å². The van der Waals surface area contributed by atoms with Crippen molar-refractivity contribution in [1.29, 1.82) is 0 Å². The SMILES string of the molecule is Cc1cc(C(=O)Nc2nnnn2C)ns1. The highest BCUT2D eigenvalue weighted by Gasteiger charge is 2.12. The molecule has 0 aliphatic heterocycles. The Morgan fingerprint density at radius 2 is 2.40 bits per heavy atom. The number of hydrogen-bond donors (Lipinski definition) is 1. The summed E-state index contributed by atoms with van der Waals surface area (Å²) in [5.41, 5.74) is 0.375. The summed E-state index contributed by atoms with van der Waals surface area (Å²) in [5.74, 6) is -0.0112. The van der Waals surface area contributed by atoms with Crippen LogP contribution in [0.4, 0.5) is 5.95 Å². The lowest BCUT2D eigenvalue weighted by Gasteiger charge is -1.98. The molecule has 78 valence electrons. The van der Waals surface area contributed by atoms with Gasteiger partial charge >= 0.3 is 0 Å². The molecular formula is C7H8N6OS. The van der Waals surface area contributed by atoms with E-state index in [1.165, 1.54) is 16.2 Å². The first-order valence-corrected chi connectivity index (χ1v) is 4.91. The average Bonchev–Trinajstić information content (AvgIpc) is 2.77. The van der Waals surface area contributed by atoms with Gasteiger partial charge in [0.05, 0.1) is 0 Å². The van der Waals surface area contributed by atoms with Crippen LogP contribution in [0.25, 0.3) is 0 Å². The van der Waals surface area contributed by atoms with E-state index in [0.717, 1.165) is 4.88 Å². The highest BCUT2D eigenvalue weighted by molar-refractivity contribution is 7.05. The zero-order valence-electron chi connectivity index (χ0n) is 8.13. The van der Waals surface area contributed by atoms with Crippen molar-refractivity contribution in [2.75, 3.05) is 5.32 Å². The van der Waals surface area contributed by atoms with E-state index in [-0.39, 0.29) is 5.91 Å². The molecule has 0 aliphatic rings. The minimum Gasteiger partial charge on any atom is -0.288 e. The van der Waals surface area contributed by atoms with Crippen LogP contribution in [0.2, 0.25) is 0 Å². The maximum atomic E-state index is 11.6. The van der Waals surface area contributed by atoms with Crippen molar-refractivity contribution in [2.45, 2.75) is 6.92 Å². The standard InChI is InChI=1S/C7H8N6OS/c1-4-3-5(10-15-4)6(14)8-7-9-11-12-13(7)2/h3H,1-2H3,(H,8,9,12,14). The summed E-state index contributed by atoms with van der Waals surface area (Å²) in [4.78, 5) is 12.6. The number of amides is 1. The van der Waals surface area contributed by atoms with E-state index in [1.54, 1.807) is 13.1 Å². The van der Waals surface area contributed by atoms with Gasteiger partial charge in [0.1, 0.15) is 5.69 Å². The molecule has 0 atom stereocenters. The number of rotatable bonds is 2. The van der Waals surface area contributed by atoms with Gasteiger partial charge in [0, 0.05) is 11.9 Å². The minimum absolute atomic E-state index is 0.297. The van der Waals surface area contributed by atoms with Crippen molar-refractivity contribution in [3.63, 3.8) is 0 Å². The second-order valence-corrected chi connectivity index (χ2v) is 3.91. The lowest BCUT2D eigenvalue weighted by Crippen LogP contribution is -2.15. The minimum atomic E-state index is -0.308. The third-order valence-corrected chi connectivity index (χ3v) is 2.40. The number of nitrogens with one attached hydrogen (secondary N) is 1. The van der Waals surface area contributed by atoms with Crippen LogP contribution in [-0.4, -0.2) is 30.5 Å². The Morgan fingerprint density at radius 3 is 2.93 bits per heavy atom. The monoisotopic (exact) mass is 224 g/mol. The molecule has 0 spiro atoms. The number of aromatic nitrogens is 5. The van der Waals surface area contributed by atoms with E-state index in [0.29, 0.717) is 11.6 Å². The predicted octanol–water partition coefficient (Wildman–Crippen LogP) is 0.227. The molecular weight excluding hydrogens is 216 g/mol. The zero-order chi connectivity index (χ0) is 10.8. The number of aryl methyl sites for hydroxylation is 2. The van der Waals surface area contributed by atoms with Crippen LogP contribution in [0.3, 0.4) is 0 Å². The number of carbonyl (C=O) groups excluding carboxylic acids is 1. The quantitative estimate of drug-likeness (QED) is 0.789. The lowest BCUT2D eigenvalue weighted by atomic mass is 10.4. The summed E-state index contributed by atoms with van der Waals surface area (Å²) in [6, 6.07) is 1.71. The number of anilines is 1. The Bertz CT molecular complexity index is 489. The highest BCUT2D eigenvalue weighted by atomic mass is 32.1. The molecule has 1 N–H and O–H groups in total. The second kappa shape index (κ2) is 3.73. The van der Waals surface area contributed by atoms with Gasteiger partial charge < -0.3 is 0 Å². The van der Waals surface area contributed by atoms with Gasteiger partial charge in [0.25, 0.3) is 5.91 Å². The van der Waals surface area contributed by atoms with Crippen LogP contribution in [0, 0.1) is 6.92 Å². The molecule has 0 unspecified atom stereocenters. The van der Waals surface area contributed by atoms with Crippen molar-refractivity contribution in [2.24, 2.45) is 7.05 Å². The molecule has 7 nitrogen and oxygen atoms in total. The van der Waals surface area contributed by atoms with Crippen molar-refractivity contribution < 1.29 is 4.79 Å². The molecule has 0 saturated carbocycles. The number of hydrogen-bond acceptors (Lipinski definition) is 6. The fourth-order valence-corrected chi connectivity index (χ4v) is 1.52. The summed E-state index contributed by atoms with van der Waals surface area (Å²) in [7, 11) is 1.64. The summed E-state index contributed by atoms with van der Waals surface area (Å²) in [6.45, 7) is 1.89. The van der Waals surface area contributed by atoms with Crippen molar-refractivity contribution >= 4 is 23.4 Å². The van der Waals surface area contributed by atoms with Crippen molar-refractivity contribution in [3.05, 3.63) is 16.6 Å². The Kier molecular flexibility index (Phi) is 2.42. The molecule has 0 radical (unpaired) electrons.